The second-order valence-corrected chi connectivity index (χ2v) is 9.78. The fourth-order valence-corrected chi connectivity index (χ4v) is 4.47. The maximum Gasteiger partial charge on any atom is 0.240 e. The highest BCUT2D eigenvalue weighted by Crippen LogP contribution is 2.17. The van der Waals surface area contributed by atoms with E-state index < -0.39 is 10.0 Å². The fraction of sp³-hybridized carbons (Fsp3) is 0.409. The van der Waals surface area contributed by atoms with Gasteiger partial charge in [-0.05, 0) is 47.9 Å². The molecule has 0 atom stereocenters. The second kappa shape index (κ2) is 10.1. The maximum atomic E-state index is 13.1. The molecule has 0 aromatic heterocycles. The van der Waals surface area contributed by atoms with Gasteiger partial charge in [0.1, 0.15) is 5.82 Å². The van der Waals surface area contributed by atoms with Crippen LogP contribution in [0.1, 0.15) is 19.4 Å². The summed E-state index contributed by atoms with van der Waals surface area (Å²) >= 11 is 0. The fourth-order valence-electron chi connectivity index (χ4n) is 3.25. The third-order valence-electron chi connectivity index (χ3n) is 5.13. The predicted molar refractivity (Wildman–Crippen MR) is 122 cm³/mol. The molecule has 9 heteroatoms. The number of halogens is 1. The SMILES string of the molecule is CC(C)CNS(=O)(=O)c1ccc(CN=C(N)N2CCN(c3ccc(F)cc3)CC2)cc1. The van der Waals surface area contributed by atoms with E-state index in [1.807, 2.05) is 18.7 Å². The Hall–Kier alpha value is -2.65. The van der Waals surface area contributed by atoms with E-state index in [4.69, 9.17) is 5.73 Å². The van der Waals surface area contributed by atoms with Crippen molar-refractivity contribution < 1.29 is 12.8 Å². The molecule has 1 saturated heterocycles. The van der Waals surface area contributed by atoms with Crippen molar-refractivity contribution in [1.82, 2.24) is 9.62 Å². The molecular formula is C22H30FN5O2S. The molecule has 168 valence electrons. The minimum absolute atomic E-state index is 0.240. The molecule has 7 nitrogen and oxygen atoms in total. The van der Waals surface area contributed by atoms with Crippen molar-refractivity contribution in [3.05, 3.63) is 59.9 Å². The summed E-state index contributed by atoms with van der Waals surface area (Å²) in [5.74, 6) is 0.467. The molecule has 3 N–H and O–H groups in total. The lowest BCUT2D eigenvalue weighted by molar-refractivity contribution is 0.380. The second-order valence-electron chi connectivity index (χ2n) is 8.01. The van der Waals surface area contributed by atoms with Gasteiger partial charge < -0.3 is 15.5 Å². The molecule has 3 rings (SSSR count). The average Bonchev–Trinajstić information content (AvgIpc) is 2.77. The molecule has 1 aliphatic rings. The average molecular weight is 448 g/mol. The van der Waals surface area contributed by atoms with Gasteiger partial charge in [0, 0.05) is 38.4 Å². The first-order valence-corrected chi connectivity index (χ1v) is 11.9. The number of anilines is 1. The number of aliphatic imine (C=N–C) groups is 1. The molecule has 2 aromatic carbocycles. The van der Waals surface area contributed by atoms with E-state index >= 15 is 0 Å². The van der Waals surface area contributed by atoms with Crippen molar-refractivity contribution in [1.29, 1.82) is 0 Å². The van der Waals surface area contributed by atoms with Crippen molar-refractivity contribution in [2.24, 2.45) is 16.6 Å². The summed E-state index contributed by atoms with van der Waals surface area (Å²) in [6, 6.07) is 13.2. The Balaban J connectivity index is 1.53. The number of rotatable bonds is 7. The molecule has 0 bridgehead atoms. The zero-order valence-corrected chi connectivity index (χ0v) is 18.8. The smallest absolute Gasteiger partial charge is 0.240 e. The van der Waals surface area contributed by atoms with E-state index in [1.54, 1.807) is 36.4 Å². The Labute approximate surface area is 183 Å². The number of guanidine groups is 1. The largest absolute Gasteiger partial charge is 0.370 e. The minimum atomic E-state index is -3.50. The lowest BCUT2D eigenvalue weighted by Crippen LogP contribution is -2.51. The summed E-state index contributed by atoms with van der Waals surface area (Å²) in [5.41, 5.74) is 8.05. The minimum Gasteiger partial charge on any atom is -0.370 e. The molecule has 0 radical (unpaired) electrons. The first-order valence-electron chi connectivity index (χ1n) is 10.4. The van der Waals surface area contributed by atoms with E-state index in [1.165, 1.54) is 12.1 Å². The first kappa shape index (κ1) is 23.0. The highest BCUT2D eigenvalue weighted by Gasteiger charge is 2.19. The summed E-state index contributed by atoms with van der Waals surface area (Å²) in [6.45, 7) is 7.70. The van der Waals surface area contributed by atoms with Gasteiger partial charge in [-0.3, -0.25) is 0 Å². The van der Waals surface area contributed by atoms with Crippen LogP contribution in [0.4, 0.5) is 10.1 Å². The quantitative estimate of drug-likeness (QED) is 0.502. The normalized spacial score (nSPS) is 15.5. The molecule has 0 aliphatic carbocycles. The summed E-state index contributed by atoms with van der Waals surface area (Å²) in [5, 5.41) is 0. The predicted octanol–water partition coefficient (Wildman–Crippen LogP) is 2.40. The Morgan fingerprint density at radius 1 is 1.06 bits per heavy atom. The van der Waals surface area contributed by atoms with Crippen molar-refractivity contribution in [3.63, 3.8) is 0 Å². The number of nitrogens with two attached hydrogens (primary N) is 1. The Morgan fingerprint density at radius 3 is 2.26 bits per heavy atom. The number of nitrogens with zero attached hydrogens (tertiary/aromatic N) is 3. The topological polar surface area (TPSA) is 91.0 Å². The molecular weight excluding hydrogens is 417 g/mol. The maximum absolute atomic E-state index is 13.1. The van der Waals surface area contributed by atoms with Crippen LogP contribution >= 0.6 is 0 Å². The highest BCUT2D eigenvalue weighted by atomic mass is 32.2. The zero-order valence-electron chi connectivity index (χ0n) is 18.0. The van der Waals surface area contributed by atoms with Gasteiger partial charge in [0.2, 0.25) is 10.0 Å². The molecule has 0 amide bonds. The van der Waals surface area contributed by atoms with Crippen LogP contribution in [0.2, 0.25) is 0 Å². The molecule has 1 fully saturated rings. The van der Waals surface area contributed by atoms with Crippen molar-refractivity contribution in [2.45, 2.75) is 25.3 Å². The zero-order chi connectivity index (χ0) is 22.4. The molecule has 0 saturated carbocycles. The lowest BCUT2D eigenvalue weighted by atomic mass is 10.2. The van der Waals surface area contributed by atoms with Crippen molar-refractivity contribution in [3.8, 4) is 0 Å². The Morgan fingerprint density at radius 2 is 1.68 bits per heavy atom. The van der Waals surface area contributed by atoms with Crippen LogP contribution in [0.3, 0.4) is 0 Å². The van der Waals surface area contributed by atoms with Crippen LogP contribution in [-0.2, 0) is 16.6 Å². The van der Waals surface area contributed by atoms with E-state index in [2.05, 4.69) is 14.6 Å². The summed E-state index contributed by atoms with van der Waals surface area (Å²) < 4.78 is 40.3. The molecule has 0 spiro atoms. The van der Waals surface area contributed by atoms with Gasteiger partial charge in [0.15, 0.2) is 5.96 Å². The van der Waals surface area contributed by atoms with Gasteiger partial charge in [-0.1, -0.05) is 26.0 Å². The van der Waals surface area contributed by atoms with Gasteiger partial charge in [0.05, 0.1) is 11.4 Å². The number of hydrogen-bond donors (Lipinski definition) is 2. The monoisotopic (exact) mass is 447 g/mol. The van der Waals surface area contributed by atoms with Crippen molar-refractivity contribution >= 4 is 21.7 Å². The molecule has 31 heavy (non-hydrogen) atoms. The summed E-state index contributed by atoms with van der Waals surface area (Å²) in [7, 11) is -3.50. The van der Waals surface area contributed by atoms with Gasteiger partial charge in [-0.25, -0.2) is 22.5 Å². The van der Waals surface area contributed by atoms with Crippen molar-refractivity contribution in [2.75, 3.05) is 37.6 Å². The van der Waals surface area contributed by atoms with Crippen LogP contribution in [0.5, 0.6) is 0 Å². The van der Waals surface area contributed by atoms with Crippen LogP contribution in [-0.4, -0.2) is 52.0 Å². The van der Waals surface area contributed by atoms with E-state index in [0.29, 0.717) is 19.0 Å². The van der Waals surface area contributed by atoms with Gasteiger partial charge >= 0.3 is 0 Å². The van der Waals surface area contributed by atoms with E-state index in [9.17, 15) is 12.8 Å². The van der Waals surface area contributed by atoms with Crippen LogP contribution < -0.4 is 15.4 Å². The van der Waals surface area contributed by atoms with Crippen LogP contribution in [0.25, 0.3) is 0 Å². The molecule has 0 unspecified atom stereocenters. The molecule has 1 heterocycles. The summed E-state index contributed by atoms with van der Waals surface area (Å²) in [6.07, 6.45) is 0. The third kappa shape index (κ3) is 6.41. The molecule has 2 aromatic rings. The number of hydrogen-bond acceptors (Lipinski definition) is 4. The number of sulfonamides is 1. The third-order valence-corrected chi connectivity index (χ3v) is 6.57. The number of benzene rings is 2. The van der Waals surface area contributed by atoms with Gasteiger partial charge in [-0.15, -0.1) is 0 Å². The Kier molecular flexibility index (Phi) is 7.50. The molecule has 1 aliphatic heterocycles. The summed E-state index contributed by atoms with van der Waals surface area (Å²) in [4.78, 5) is 8.92. The Bertz CT molecular complexity index is 984. The van der Waals surface area contributed by atoms with Crippen LogP contribution in [0.15, 0.2) is 58.4 Å². The number of piperazine rings is 1. The van der Waals surface area contributed by atoms with E-state index in [-0.39, 0.29) is 16.6 Å². The van der Waals surface area contributed by atoms with Gasteiger partial charge in [-0.2, -0.15) is 0 Å². The van der Waals surface area contributed by atoms with Gasteiger partial charge in [0.25, 0.3) is 0 Å². The standard InChI is InChI=1S/C22H30FN5O2S/c1-17(2)15-26-31(29,30)21-9-3-18(4-10-21)16-25-22(24)28-13-11-27(12-14-28)20-7-5-19(23)6-8-20/h3-10,17,26H,11-16H2,1-2H3,(H2,24,25). The lowest BCUT2D eigenvalue weighted by Gasteiger charge is -2.36. The first-order chi connectivity index (χ1) is 14.7. The van der Waals surface area contributed by atoms with E-state index in [0.717, 1.165) is 37.4 Å². The van der Waals surface area contributed by atoms with Crippen LogP contribution in [0, 0.1) is 11.7 Å². The number of nitrogens with one attached hydrogen (secondary N) is 1. The highest BCUT2D eigenvalue weighted by molar-refractivity contribution is 7.89.